The summed E-state index contributed by atoms with van der Waals surface area (Å²) in [5.74, 6) is -0.579. The van der Waals surface area contributed by atoms with E-state index in [4.69, 9.17) is 23.2 Å². The van der Waals surface area contributed by atoms with Crippen LogP contribution in [0.15, 0.2) is 82.8 Å². The second-order valence-electron chi connectivity index (χ2n) is 9.17. The van der Waals surface area contributed by atoms with Crippen LogP contribution in [-0.4, -0.2) is 31.7 Å². The average molecular weight is 584 g/mol. The van der Waals surface area contributed by atoms with Gasteiger partial charge in [-0.25, -0.2) is 13.8 Å². The molecule has 0 atom stereocenters. The summed E-state index contributed by atoms with van der Waals surface area (Å²) >= 11 is 12.3. The summed E-state index contributed by atoms with van der Waals surface area (Å²) < 4.78 is 30.3. The fourth-order valence-electron chi connectivity index (χ4n) is 4.29. The van der Waals surface area contributed by atoms with Gasteiger partial charge in [-0.1, -0.05) is 53.5 Å². The van der Waals surface area contributed by atoms with Gasteiger partial charge in [0.15, 0.2) is 0 Å². The van der Waals surface area contributed by atoms with Crippen molar-refractivity contribution in [3.05, 3.63) is 111 Å². The van der Waals surface area contributed by atoms with Gasteiger partial charge in [0.2, 0.25) is 0 Å². The molecule has 1 aromatic heterocycles. The van der Waals surface area contributed by atoms with Crippen molar-refractivity contribution in [2.24, 2.45) is 5.10 Å². The lowest BCUT2D eigenvalue weighted by Gasteiger charge is -2.25. The van der Waals surface area contributed by atoms with E-state index in [2.05, 4.69) is 10.5 Å². The summed E-state index contributed by atoms with van der Waals surface area (Å²) in [6, 6.07) is 20.8. The molecule has 0 spiro atoms. The fraction of sp³-hybridized carbons (Fsp3) is 0.172. The number of amides is 1. The maximum absolute atomic E-state index is 13.6. The SMILES string of the molecule is Cc1ccc(C)c(N(CC(=O)N/N=C/c2cc(C)n(-c3ccc(Cl)c(Cl)c3)c2C)S(=O)(=O)c2ccccc2)c1. The number of halogens is 2. The third-order valence-corrected chi connectivity index (χ3v) is 8.79. The predicted molar refractivity (Wildman–Crippen MR) is 158 cm³/mol. The molecule has 10 heteroatoms. The summed E-state index contributed by atoms with van der Waals surface area (Å²) in [7, 11) is -4.01. The average Bonchev–Trinajstić information content (AvgIpc) is 3.18. The van der Waals surface area contributed by atoms with E-state index in [0.29, 0.717) is 15.7 Å². The predicted octanol–water partition coefficient (Wildman–Crippen LogP) is 6.36. The maximum Gasteiger partial charge on any atom is 0.264 e. The van der Waals surface area contributed by atoms with Crippen LogP contribution in [0.25, 0.3) is 5.69 Å². The Morgan fingerprint density at radius 2 is 1.67 bits per heavy atom. The van der Waals surface area contributed by atoms with Crippen molar-refractivity contribution in [1.82, 2.24) is 9.99 Å². The smallest absolute Gasteiger partial charge is 0.264 e. The largest absolute Gasteiger partial charge is 0.318 e. The summed E-state index contributed by atoms with van der Waals surface area (Å²) in [5.41, 5.74) is 7.96. The van der Waals surface area contributed by atoms with Gasteiger partial charge in [-0.2, -0.15) is 5.10 Å². The van der Waals surface area contributed by atoms with E-state index in [1.54, 1.807) is 36.4 Å². The Morgan fingerprint density at radius 3 is 2.36 bits per heavy atom. The first-order valence-electron chi connectivity index (χ1n) is 12.1. The number of aryl methyl sites for hydroxylation is 3. The van der Waals surface area contributed by atoms with Crippen molar-refractivity contribution in [1.29, 1.82) is 0 Å². The second kappa shape index (κ2) is 11.7. The van der Waals surface area contributed by atoms with E-state index in [-0.39, 0.29) is 4.90 Å². The standard InChI is InChI=1S/C29H28Cl2N4O3S/c1-19-10-11-20(2)28(14-19)34(39(37,38)25-8-6-5-7-9-25)18-29(36)33-32-17-23-15-21(3)35(22(23)4)24-12-13-26(30)27(31)16-24/h5-17H,18H2,1-4H3,(H,33,36)/b32-17+. The molecule has 1 heterocycles. The summed E-state index contributed by atoms with van der Waals surface area (Å²) in [4.78, 5) is 13.1. The number of aromatic nitrogens is 1. The van der Waals surface area contributed by atoms with Crippen molar-refractivity contribution >= 4 is 51.0 Å². The Kier molecular flexibility index (Phi) is 8.49. The molecule has 1 amide bonds. The molecule has 1 N–H and O–H groups in total. The Hall–Kier alpha value is -3.59. The summed E-state index contributed by atoms with van der Waals surface area (Å²) in [6.07, 6.45) is 1.53. The molecule has 7 nitrogen and oxygen atoms in total. The fourth-order valence-corrected chi connectivity index (χ4v) is 6.08. The van der Waals surface area contributed by atoms with Gasteiger partial charge in [-0.05, 0) is 81.3 Å². The zero-order chi connectivity index (χ0) is 28.3. The van der Waals surface area contributed by atoms with Crippen LogP contribution < -0.4 is 9.73 Å². The van der Waals surface area contributed by atoms with Crippen molar-refractivity contribution in [2.75, 3.05) is 10.8 Å². The quantitative estimate of drug-likeness (QED) is 0.194. The minimum atomic E-state index is -4.01. The van der Waals surface area contributed by atoms with Crippen molar-refractivity contribution < 1.29 is 13.2 Å². The Morgan fingerprint density at radius 1 is 0.949 bits per heavy atom. The minimum absolute atomic E-state index is 0.0944. The minimum Gasteiger partial charge on any atom is -0.318 e. The van der Waals surface area contributed by atoms with Gasteiger partial charge in [0.05, 0.1) is 26.8 Å². The monoisotopic (exact) mass is 582 g/mol. The van der Waals surface area contributed by atoms with Gasteiger partial charge in [-0.15, -0.1) is 0 Å². The molecule has 0 aliphatic heterocycles. The maximum atomic E-state index is 13.6. The highest BCUT2D eigenvalue weighted by Gasteiger charge is 2.28. The molecule has 0 aliphatic carbocycles. The number of carbonyl (C=O) groups is 1. The second-order valence-corrected chi connectivity index (χ2v) is 11.8. The van der Waals surface area contributed by atoms with Crippen molar-refractivity contribution in [2.45, 2.75) is 32.6 Å². The molecular weight excluding hydrogens is 555 g/mol. The van der Waals surface area contributed by atoms with Crippen LogP contribution in [0.4, 0.5) is 5.69 Å². The van der Waals surface area contributed by atoms with Crippen LogP contribution in [0.2, 0.25) is 10.0 Å². The molecule has 3 aromatic carbocycles. The Balaban J connectivity index is 1.58. The lowest BCUT2D eigenvalue weighted by atomic mass is 10.1. The van der Waals surface area contributed by atoms with Crippen LogP contribution in [0, 0.1) is 27.7 Å². The van der Waals surface area contributed by atoms with Gasteiger partial charge >= 0.3 is 0 Å². The van der Waals surface area contributed by atoms with Crippen LogP contribution in [0.5, 0.6) is 0 Å². The zero-order valence-electron chi connectivity index (χ0n) is 21.9. The molecule has 0 radical (unpaired) electrons. The number of nitrogens with one attached hydrogen (secondary N) is 1. The molecule has 0 saturated heterocycles. The molecule has 0 aliphatic rings. The molecule has 0 unspecified atom stereocenters. The number of hydrogen-bond donors (Lipinski definition) is 1. The van der Waals surface area contributed by atoms with Crippen molar-refractivity contribution in [3.63, 3.8) is 0 Å². The highest BCUT2D eigenvalue weighted by atomic mass is 35.5. The number of nitrogens with zero attached hydrogens (tertiary/aromatic N) is 3. The van der Waals surface area contributed by atoms with Gasteiger partial charge < -0.3 is 4.57 Å². The molecule has 0 saturated carbocycles. The van der Waals surface area contributed by atoms with E-state index in [1.165, 1.54) is 18.3 Å². The van der Waals surface area contributed by atoms with Crippen LogP contribution >= 0.6 is 23.2 Å². The third kappa shape index (κ3) is 6.19. The first-order valence-corrected chi connectivity index (χ1v) is 14.3. The Bertz CT molecular complexity index is 1670. The van der Waals surface area contributed by atoms with Gasteiger partial charge in [-0.3, -0.25) is 9.10 Å². The molecule has 39 heavy (non-hydrogen) atoms. The summed E-state index contributed by atoms with van der Waals surface area (Å²) in [5, 5.41) is 5.03. The number of hydrogen-bond acceptors (Lipinski definition) is 4. The highest BCUT2D eigenvalue weighted by Crippen LogP contribution is 2.29. The molecular formula is C29H28Cl2N4O3S. The number of sulfonamides is 1. The lowest BCUT2D eigenvalue weighted by molar-refractivity contribution is -0.119. The third-order valence-electron chi connectivity index (χ3n) is 6.28. The molecule has 4 aromatic rings. The molecule has 202 valence electrons. The number of hydrazone groups is 1. The number of rotatable bonds is 8. The lowest BCUT2D eigenvalue weighted by Crippen LogP contribution is -2.40. The number of carbonyl (C=O) groups excluding carboxylic acids is 1. The topological polar surface area (TPSA) is 83.8 Å². The van der Waals surface area contributed by atoms with E-state index in [0.717, 1.165) is 38.1 Å². The van der Waals surface area contributed by atoms with Crippen LogP contribution in [0.3, 0.4) is 0 Å². The normalized spacial score (nSPS) is 11.6. The number of benzene rings is 3. The van der Waals surface area contributed by atoms with E-state index >= 15 is 0 Å². The van der Waals surface area contributed by atoms with Crippen LogP contribution in [0.1, 0.15) is 28.1 Å². The summed E-state index contributed by atoms with van der Waals surface area (Å²) in [6.45, 7) is 7.10. The van der Waals surface area contributed by atoms with E-state index in [9.17, 15) is 13.2 Å². The number of anilines is 1. The molecule has 0 fully saturated rings. The first kappa shape index (κ1) is 28.4. The van der Waals surface area contributed by atoms with E-state index in [1.807, 2.05) is 56.5 Å². The van der Waals surface area contributed by atoms with E-state index < -0.39 is 22.5 Å². The van der Waals surface area contributed by atoms with Gasteiger partial charge in [0.1, 0.15) is 6.54 Å². The van der Waals surface area contributed by atoms with Gasteiger partial charge in [0.25, 0.3) is 15.9 Å². The Labute approximate surface area is 238 Å². The van der Waals surface area contributed by atoms with Crippen molar-refractivity contribution in [3.8, 4) is 5.69 Å². The molecule has 0 bridgehead atoms. The zero-order valence-corrected chi connectivity index (χ0v) is 24.3. The van der Waals surface area contributed by atoms with Gasteiger partial charge in [0, 0.05) is 22.6 Å². The molecule has 4 rings (SSSR count). The highest BCUT2D eigenvalue weighted by molar-refractivity contribution is 7.92. The van der Waals surface area contributed by atoms with Crippen LogP contribution in [-0.2, 0) is 14.8 Å². The first-order chi connectivity index (χ1) is 18.5.